The van der Waals surface area contributed by atoms with Gasteiger partial charge in [0, 0.05) is 37.5 Å². The maximum Gasteiger partial charge on any atom is 0.150 e. The Labute approximate surface area is 233 Å². The van der Waals surface area contributed by atoms with E-state index in [1.807, 2.05) is 83.1 Å². The fourth-order valence-electron chi connectivity index (χ4n) is 6.05. The lowest BCUT2D eigenvalue weighted by Crippen LogP contribution is -2.59. The zero-order valence-corrected chi connectivity index (χ0v) is 27.0. The fourth-order valence-corrected chi connectivity index (χ4v) is 8.36. The Morgan fingerprint density at radius 3 is 1.05 bits per heavy atom. The van der Waals surface area contributed by atoms with Crippen LogP contribution in [0.4, 0.5) is 0 Å². The van der Waals surface area contributed by atoms with E-state index in [-0.39, 0.29) is 46.8 Å². The quantitative estimate of drug-likeness (QED) is 0.155. The zero-order valence-electron chi connectivity index (χ0n) is 26.2. The average molecular weight is 539 g/mol. The van der Waals surface area contributed by atoms with Gasteiger partial charge in [-0.1, -0.05) is 83.1 Å². The predicted octanol–water partition coefficient (Wildman–Crippen LogP) is 8.53. The van der Waals surface area contributed by atoms with Crippen molar-refractivity contribution in [2.75, 3.05) is 0 Å². The number of carbonyl (C=O) groups is 4. The van der Waals surface area contributed by atoms with Crippen LogP contribution in [0, 0.1) is 35.5 Å². The van der Waals surface area contributed by atoms with Crippen LogP contribution < -0.4 is 0 Å². The van der Waals surface area contributed by atoms with Crippen LogP contribution in [0.5, 0.6) is 0 Å². The second-order valence-electron chi connectivity index (χ2n) is 12.4. The first-order valence-electron chi connectivity index (χ1n) is 15.0. The van der Waals surface area contributed by atoms with Crippen LogP contribution in [-0.2, 0) is 19.2 Å². The molecule has 0 radical (unpaired) electrons. The van der Waals surface area contributed by atoms with Crippen molar-refractivity contribution < 1.29 is 19.2 Å². The SMILES string of the molecule is CCCC(=O)C(CC)C(SC(C(=O)CC(C)C)(C(C)C)C(CC)C(=O)CCC)(C(=O)CC(C)C)C(C)C. The summed E-state index contributed by atoms with van der Waals surface area (Å²) in [5.41, 5.74) is 0. The molecular weight excluding hydrogens is 480 g/mol. The van der Waals surface area contributed by atoms with Gasteiger partial charge in [0.25, 0.3) is 0 Å². The van der Waals surface area contributed by atoms with Crippen molar-refractivity contribution in [3.05, 3.63) is 0 Å². The summed E-state index contributed by atoms with van der Waals surface area (Å²) in [5.74, 6) is -0.744. The van der Waals surface area contributed by atoms with E-state index in [9.17, 15) is 19.2 Å². The van der Waals surface area contributed by atoms with Crippen molar-refractivity contribution >= 4 is 34.9 Å². The molecule has 5 heteroatoms. The third-order valence-corrected chi connectivity index (χ3v) is 10.4. The molecule has 216 valence electrons. The molecule has 4 nitrogen and oxygen atoms in total. The van der Waals surface area contributed by atoms with Gasteiger partial charge >= 0.3 is 0 Å². The minimum absolute atomic E-state index is 0.0546. The summed E-state index contributed by atoms with van der Waals surface area (Å²) >= 11 is 1.43. The standard InChI is InChI=1S/C32H58O4S/c1-13-17-27(33)25(15-3)31(23(9)10,29(35)19-21(5)6)37-32(24(11)12,30(36)20-22(7)8)26(16-4)28(34)18-14-2/h21-26H,13-20H2,1-12H3. The molecule has 0 bridgehead atoms. The summed E-state index contributed by atoms with van der Waals surface area (Å²) in [6.07, 6.45) is 4.08. The van der Waals surface area contributed by atoms with E-state index in [0.29, 0.717) is 38.5 Å². The number of ketones is 4. The highest BCUT2D eigenvalue weighted by Crippen LogP contribution is 2.56. The molecule has 0 aromatic carbocycles. The van der Waals surface area contributed by atoms with Gasteiger partial charge in [0.15, 0.2) is 0 Å². The molecule has 37 heavy (non-hydrogen) atoms. The summed E-state index contributed by atoms with van der Waals surface area (Å²) in [4.78, 5) is 56.2. The third-order valence-electron chi connectivity index (χ3n) is 7.73. The topological polar surface area (TPSA) is 68.3 Å². The molecule has 0 amide bonds. The fraction of sp³-hybridized carbons (Fsp3) is 0.875. The Morgan fingerprint density at radius 2 is 0.865 bits per heavy atom. The molecular formula is C32H58O4S. The number of rotatable bonds is 20. The maximum atomic E-state index is 14.4. The number of Topliss-reactive ketones (excluding diaryl/α,β-unsaturated/α-hetero) is 4. The highest BCUT2D eigenvalue weighted by atomic mass is 32.2. The Bertz CT molecular complexity index is 692. The monoisotopic (exact) mass is 538 g/mol. The van der Waals surface area contributed by atoms with E-state index >= 15 is 0 Å². The third kappa shape index (κ3) is 8.51. The van der Waals surface area contributed by atoms with Gasteiger partial charge in [-0.2, -0.15) is 0 Å². The zero-order chi connectivity index (χ0) is 29.1. The Hall–Kier alpha value is -0.970. The van der Waals surface area contributed by atoms with Gasteiger partial charge in [-0.25, -0.2) is 0 Å². The van der Waals surface area contributed by atoms with Crippen LogP contribution in [0.15, 0.2) is 0 Å². The van der Waals surface area contributed by atoms with Crippen LogP contribution in [0.1, 0.15) is 134 Å². The molecule has 0 aliphatic carbocycles. The minimum atomic E-state index is -1.07. The van der Waals surface area contributed by atoms with Gasteiger partial charge in [0.2, 0.25) is 0 Å². The van der Waals surface area contributed by atoms with Crippen molar-refractivity contribution in [2.45, 2.75) is 144 Å². The smallest absolute Gasteiger partial charge is 0.150 e. The van der Waals surface area contributed by atoms with E-state index in [1.54, 1.807) is 0 Å². The van der Waals surface area contributed by atoms with Crippen LogP contribution >= 0.6 is 11.8 Å². The van der Waals surface area contributed by atoms with E-state index in [0.717, 1.165) is 12.8 Å². The molecule has 4 unspecified atom stereocenters. The Balaban J connectivity index is 7.64. The lowest BCUT2D eigenvalue weighted by atomic mass is 9.72. The van der Waals surface area contributed by atoms with Crippen molar-refractivity contribution in [1.29, 1.82) is 0 Å². The summed E-state index contributed by atoms with van der Waals surface area (Å²) in [6, 6.07) is 0. The molecule has 0 N–H and O–H groups in total. The Morgan fingerprint density at radius 1 is 0.568 bits per heavy atom. The molecule has 0 aromatic rings. The predicted molar refractivity (Wildman–Crippen MR) is 159 cm³/mol. The first kappa shape index (κ1) is 36.0. The molecule has 4 atom stereocenters. The highest BCUT2D eigenvalue weighted by molar-refractivity contribution is 8.03. The molecule has 0 fully saturated rings. The van der Waals surface area contributed by atoms with Crippen molar-refractivity contribution in [2.24, 2.45) is 35.5 Å². The summed E-state index contributed by atoms with van der Waals surface area (Å²) in [6.45, 7) is 24.2. The van der Waals surface area contributed by atoms with Crippen LogP contribution in [0.2, 0.25) is 0 Å². The van der Waals surface area contributed by atoms with Crippen molar-refractivity contribution in [3.8, 4) is 0 Å². The molecule has 0 spiro atoms. The molecule has 0 aliphatic rings. The average Bonchev–Trinajstić information content (AvgIpc) is 2.77. The Kier molecular flexibility index (Phi) is 15.8. The van der Waals surface area contributed by atoms with E-state index in [1.165, 1.54) is 11.8 Å². The summed E-state index contributed by atoms with van der Waals surface area (Å²) < 4.78 is -2.13. The first-order chi connectivity index (χ1) is 17.1. The van der Waals surface area contributed by atoms with E-state index in [2.05, 4.69) is 0 Å². The van der Waals surface area contributed by atoms with Gasteiger partial charge in [0.05, 0.1) is 9.49 Å². The second kappa shape index (κ2) is 16.2. The molecule has 0 aromatic heterocycles. The molecule has 0 rings (SSSR count). The summed E-state index contributed by atoms with van der Waals surface area (Å²) in [5, 5.41) is 0. The number of thioether (sulfide) groups is 1. The van der Waals surface area contributed by atoms with E-state index < -0.39 is 21.3 Å². The van der Waals surface area contributed by atoms with Crippen LogP contribution in [0.3, 0.4) is 0 Å². The van der Waals surface area contributed by atoms with Gasteiger partial charge < -0.3 is 0 Å². The second-order valence-corrected chi connectivity index (χ2v) is 13.9. The molecule has 0 aliphatic heterocycles. The largest absolute Gasteiger partial charge is 0.299 e. The van der Waals surface area contributed by atoms with Crippen molar-refractivity contribution in [3.63, 3.8) is 0 Å². The molecule has 0 saturated carbocycles. The van der Waals surface area contributed by atoms with Gasteiger partial charge in [-0.05, 0) is 49.4 Å². The van der Waals surface area contributed by atoms with Crippen LogP contribution in [-0.4, -0.2) is 32.6 Å². The number of carbonyl (C=O) groups excluding carboxylic acids is 4. The lowest BCUT2D eigenvalue weighted by Gasteiger charge is -2.51. The van der Waals surface area contributed by atoms with Crippen molar-refractivity contribution in [1.82, 2.24) is 0 Å². The highest BCUT2D eigenvalue weighted by Gasteiger charge is 2.60. The molecule has 0 saturated heterocycles. The van der Waals surface area contributed by atoms with Gasteiger partial charge in [0.1, 0.15) is 23.1 Å². The first-order valence-corrected chi connectivity index (χ1v) is 15.8. The normalized spacial score (nSPS) is 17.1. The summed E-state index contributed by atoms with van der Waals surface area (Å²) in [7, 11) is 0. The minimum Gasteiger partial charge on any atom is -0.299 e. The molecule has 0 heterocycles. The number of hydrogen-bond acceptors (Lipinski definition) is 5. The van der Waals surface area contributed by atoms with E-state index in [4.69, 9.17) is 0 Å². The van der Waals surface area contributed by atoms with Gasteiger partial charge in [-0.15, -0.1) is 11.8 Å². The number of hydrogen-bond donors (Lipinski definition) is 0. The maximum absolute atomic E-state index is 14.4. The van der Waals surface area contributed by atoms with Crippen LogP contribution in [0.25, 0.3) is 0 Å². The van der Waals surface area contributed by atoms with Gasteiger partial charge in [-0.3, -0.25) is 19.2 Å². The lowest BCUT2D eigenvalue weighted by molar-refractivity contribution is -0.134.